The van der Waals surface area contributed by atoms with E-state index in [1.54, 1.807) is 6.20 Å². The standard InChI is InChI=1S/C12H21N3O2/c1-4-5-6-13-11(16)8-14-10(3)12-15-7-9(2)17-12/h7,10,14H,4-6,8H2,1-3H3,(H,13,16). The van der Waals surface area contributed by atoms with Crippen LogP contribution < -0.4 is 10.6 Å². The van der Waals surface area contributed by atoms with E-state index < -0.39 is 0 Å². The molecular formula is C12H21N3O2. The fraction of sp³-hybridized carbons (Fsp3) is 0.667. The molecule has 5 nitrogen and oxygen atoms in total. The Labute approximate surface area is 102 Å². The zero-order valence-electron chi connectivity index (χ0n) is 10.7. The van der Waals surface area contributed by atoms with E-state index in [4.69, 9.17) is 4.42 Å². The van der Waals surface area contributed by atoms with Crippen molar-refractivity contribution in [3.05, 3.63) is 17.8 Å². The van der Waals surface area contributed by atoms with Gasteiger partial charge in [0.25, 0.3) is 0 Å². The molecule has 0 radical (unpaired) electrons. The summed E-state index contributed by atoms with van der Waals surface area (Å²) in [6, 6.07) is -0.0550. The van der Waals surface area contributed by atoms with Crippen LogP contribution in [0.1, 0.15) is 44.4 Å². The first-order valence-electron chi connectivity index (χ1n) is 6.06. The molecular weight excluding hydrogens is 218 g/mol. The van der Waals surface area contributed by atoms with E-state index >= 15 is 0 Å². The minimum Gasteiger partial charge on any atom is -0.444 e. The molecule has 17 heavy (non-hydrogen) atoms. The number of carbonyl (C=O) groups is 1. The van der Waals surface area contributed by atoms with Crippen LogP contribution >= 0.6 is 0 Å². The first kappa shape index (κ1) is 13.7. The van der Waals surface area contributed by atoms with Crippen LogP contribution in [0.2, 0.25) is 0 Å². The number of unbranched alkanes of at least 4 members (excludes halogenated alkanes) is 1. The lowest BCUT2D eigenvalue weighted by molar-refractivity contribution is -0.120. The highest BCUT2D eigenvalue weighted by Crippen LogP contribution is 2.11. The summed E-state index contributed by atoms with van der Waals surface area (Å²) < 4.78 is 5.37. The van der Waals surface area contributed by atoms with Crippen molar-refractivity contribution in [2.45, 2.75) is 39.7 Å². The highest BCUT2D eigenvalue weighted by molar-refractivity contribution is 5.77. The Hall–Kier alpha value is -1.36. The largest absolute Gasteiger partial charge is 0.444 e. The van der Waals surface area contributed by atoms with Crippen molar-refractivity contribution in [1.82, 2.24) is 15.6 Å². The second-order valence-electron chi connectivity index (χ2n) is 4.12. The first-order chi connectivity index (χ1) is 8.13. The average molecular weight is 239 g/mol. The summed E-state index contributed by atoms with van der Waals surface area (Å²) in [5.41, 5.74) is 0. The number of nitrogens with one attached hydrogen (secondary N) is 2. The van der Waals surface area contributed by atoms with Gasteiger partial charge in [-0.25, -0.2) is 4.98 Å². The molecule has 0 fully saturated rings. The SMILES string of the molecule is CCCCNC(=O)CNC(C)c1ncc(C)o1. The van der Waals surface area contributed by atoms with E-state index in [2.05, 4.69) is 22.5 Å². The third-order valence-electron chi connectivity index (χ3n) is 2.43. The number of aromatic nitrogens is 1. The van der Waals surface area contributed by atoms with Crippen LogP contribution in [-0.2, 0) is 4.79 Å². The summed E-state index contributed by atoms with van der Waals surface area (Å²) in [5, 5.41) is 5.91. The molecule has 0 aliphatic rings. The maximum atomic E-state index is 11.4. The molecule has 2 N–H and O–H groups in total. The van der Waals surface area contributed by atoms with E-state index in [-0.39, 0.29) is 18.5 Å². The van der Waals surface area contributed by atoms with Crippen LogP contribution in [0.5, 0.6) is 0 Å². The zero-order valence-corrected chi connectivity index (χ0v) is 10.7. The number of carbonyl (C=O) groups excluding carboxylic acids is 1. The minimum atomic E-state index is -0.0550. The van der Waals surface area contributed by atoms with Crippen molar-refractivity contribution < 1.29 is 9.21 Å². The Morgan fingerprint density at radius 3 is 2.94 bits per heavy atom. The highest BCUT2D eigenvalue weighted by atomic mass is 16.4. The Morgan fingerprint density at radius 1 is 1.59 bits per heavy atom. The maximum absolute atomic E-state index is 11.4. The van der Waals surface area contributed by atoms with E-state index in [0.717, 1.165) is 25.1 Å². The number of nitrogens with zero attached hydrogens (tertiary/aromatic N) is 1. The molecule has 0 saturated heterocycles. The van der Waals surface area contributed by atoms with Crippen molar-refractivity contribution in [1.29, 1.82) is 0 Å². The topological polar surface area (TPSA) is 67.2 Å². The lowest BCUT2D eigenvalue weighted by Crippen LogP contribution is -2.35. The first-order valence-corrected chi connectivity index (χ1v) is 6.06. The predicted octanol–water partition coefficient (Wildman–Crippen LogP) is 1.55. The van der Waals surface area contributed by atoms with E-state index in [1.807, 2.05) is 13.8 Å². The van der Waals surface area contributed by atoms with Crippen LogP contribution in [0.3, 0.4) is 0 Å². The summed E-state index contributed by atoms with van der Waals surface area (Å²) in [4.78, 5) is 15.5. The van der Waals surface area contributed by atoms with Crippen molar-refractivity contribution in [2.75, 3.05) is 13.1 Å². The average Bonchev–Trinajstić information content (AvgIpc) is 2.73. The fourth-order valence-corrected chi connectivity index (χ4v) is 1.37. The van der Waals surface area contributed by atoms with Gasteiger partial charge in [0.1, 0.15) is 5.76 Å². The highest BCUT2D eigenvalue weighted by Gasteiger charge is 2.11. The molecule has 0 spiro atoms. The van der Waals surface area contributed by atoms with Gasteiger partial charge in [-0.2, -0.15) is 0 Å². The third kappa shape index (κ3) is 4.99. The Bertz CT molecular complexity index is 349. The molecule has 1 amide bonds. The van der Waals surface area contributed by atoms with Crippen LogP contribution in [0.15, 0.2) is 10.6 Å². The molecule has 0 aliphatic carbocycles. The van der Waals surface area contributed by atoms with E-state index in [9.17, 15) is 4.79 Å². The summed E-state index contributed by atoms with van der Waals surface area (Å²) in [7, 11) is 0. The molecule has 1 atom stereocenters. The van der Waals surface area contributed by atoms with Crippen LogP contribution in [0.4, 0.5) is 0 Å². The van der Waals surface area contributed by atoms with Gasteiger partial charge in [-0.3, -0.25) is 10.1 Å². The second kappa shape index (κ2) is 7.06. The van der Waals surface area contributed by atoms with Crippen LogP contribution in [0.25, 0.3) is 0 Å². The second-order valence-corrected chi connectivity index (χ2v) is 4.12. The molecule has 1 aromatic heterocycles. The van der Waals surface area contributed by atoms with Crippen molar-refractivity contribution >= 4 is 5.91 Å². The van der Waals surface area contributed by atoms with Gasteiger partial charge in [0.05, 0.1) is 18.8 Å². The van der Waals surface area contributed by atoms with E-state index in [1.165, 1.54) is 0 Å². The predicted molar refractivity (Wildman–Crippen MR) is 65.6 cm³/mol. The van der Waals surface area contributed by atoms with Gasteiger partial charge in [0, 0.05) is 6.54 Å². The molecule has 1 heterocycles. The molecule has 96 valence electrons. The Morgan fingerprint density at radius 2 is 2.35 bits per heavy atom. The van der Waals surface area contributed by atoms with Crippen LogP contribution in [-0.4, -0.2) is 24.0 Å². The van der Waals surface area contributed by atoms with Gasteiger partial charge in [0.15, 0.2) is 0 Å². The fourth-order valence-electron chi connectivity index (χ4n) is 1.37. The Balaban J connectivity index is 2.23. The Kier molecular flexibility index (Phi) is 5.69. The van der Waals surface area contributed by atoms with Crippen LogP contribution in [0, 0.1) is 6.92 Å². The van der Waals surface area contributed by atoms with Crippen molar-refractivity contribution in [3.8, 4) is 0 Å². The van der Waals surface area contributed by atoms with Crippen molar-refractivity contribution in [3.63, 3.8) is 0 Å². The molecule has 0 bridgehead atoms. The van der Waals surface area contributed by atoms with Gasteiger partial charge in [-0.15, -0.1) is 0 Å². The number of amides is 1. The smallest absolute Gasteiger partial charge is 0.233 e. The summed E-state index contributed by atoms with van der Waals surface area (Å²) in [6.45, 7) is 6.89. The molecule has 0 aliphatic heterocycles. The number of aryl methyl sites for hydroxylation is 1. The van der Waals surface area contributed by atoms with Gasteiger partial charge in [-0.1, -0.05) is 13.3 Å². The monoisotopic (exact) mass is 239 g/mol. The summed E-state index contributed by atoms with van der Waals surface area (Å²) in [6.07, 6.45) is 3.77. The maximum Gasteiger partial charge on any atom is 0.233 e. The minimum absolute atomic E-state index is 0.00794. The van der Waals surface area contributed by atoms with Gasteiger partial charge in [0.2, 0.25) is 11.8 Å². The van der Waals surface area contributed by atoms with Crippen molar-refractivity contribution in [2.24, 2.45) is 0 Å². The number of rotatable bonds is 7. The lowest BCUT2D eigenvalue weighted by Gasteiger charge is -2.10. The molecule has 0 aromatic carbocycles. The quantitative estimate of drug-likeness (QED) is 0.708. The number of hydrogen-bond donors (Lipinski definition) is 2. The molecule has 1 aromatic rings. The number of hydrogen-bond acceptors (Lipinski definition) is 4. The zero-order chi connectivity index (χ0) is 12.7. The van der Waals surface area contributed by atoms with Gasteiger partial charge >= 0.3 is 0 Å². The molecule has 0 saturated carbocycles. The molecule has 5 heteroatoms. The summed E-state index contributed by atoms with van der Waals surface area (Å²) in [5.74, 6) is 1.40. The van der Waals surface area contributed by atoms with E-state index in [0.29, 0.717) is 5.89 Å². The van der Waals surface area contributed by atoms with Gasteiger partial charge < -0.3 is 9.73 Å². The lowest BCUT2D eigenvalue weighted by atomic mass is 10.3. The molecule has 1 rings (SSSR count). The van der Waals surface area contributed by atoms with Gasteiger partial charge in [-0.05, 0) is 20.3 Å². The summed E-state index contributed by atoms with van der Waals surface area (Å²) >= 11 is 0. The third-order valence-corrected chi connectivity index (χ3v) is 2.43. The molecule has 1 unspecified atom stereocenters. The number of oxazole rings is 1. The normalized spacial score (nSPS) is 12.4.